The van der Waals surface area contributed by atoms with Gasteiger partial charge in [0.1, 0.15) is 13.2 Å². The number of allylic oxidation sites excluding steroid dienone is 6. The molecule has 0 heterocycles. The molecule has 368 valence electrons. The van der Waals surface area contributed by atoms with Gasteiger partial charge in [0.25, 0.3) is 0 Å². The van der Waals surface area contributed by atoms with E-state index >= 15 is 0 Å². The lowest BCUT2D eigenvalue weighted by atomic mass is 10.1. The molecule has 0 bridgehead atoms. The van der Waals surface area contributed by atoms with E-state index in [1.807, 2.05) is 0 Å². The van der Waals surface area contributed by atoms with Crippen molar-refractivity contribution in [2.24, 2.45) is 0 Å². The molecular formula is C57H104O6. The third-order valence-electron chi connectivity index (χ3n) is 12.1. The van der Waals surface area contributed by atoms with Crippen LogP contribution in [0.4, 0.5) is 0 Å². The Balaban J connectivity index is 4.36. The molecule has 0 amide bonds. The molecule has 0 radical (unpaired) electrons. The van der Waals surface area contributed by atoms with Gasteiger partial charge >= 0.3 is 17.9 Å². The van der Waals surface area contributed by atoms with Gasteiger partial charge in [-0.2, -0.15) is 0 Å². The van der Waals surface area contributed by atoms with Crippen molar-refractivity contribution in [3.63, 3.8) is 0 Å². The highest BCUT2D eigenvalue weighted by molar-refractivity contribution is 5.71. The Morgan fingerprint density at radius 3 is 0.810 bits per heavy atom. The molecule has 63 heavy (non-hydrogen) atoms. The fraction of sp³-hybridized carbons (Fsp3) is 0.842. The van der Waals surface area contributed by atoms with Gasteiger partial charge in [-0.3, -0.25) is 14.4 Å². The summed E-state index contributed by atoms with van der Waals surface area (Å²) >= 11 is 0. The monoisotopic (exact) mass is 885 g/mol. The van der Waals surface area contributed by atoms with Crippen LogP contribution < -0.4 is 0 Å². The molecule has 0 fully saturated rings. The molecule has 0 saturated heterocycles. The first-order valence-electron chi connectivity index (χ1n) is 27.5. The first kappa shape index (κ1) is 60.6. The lowest BCUT2D eigenvalue weighted by molar-refractivity contribution is -0.167. The number of rotatable bonds is 50. The minimum Gasteiger partial charge on any atom is -0.462 e. The minimum absolute atomic E-state index is 0.0769. The number of unbranched alkanes of at least 4 members (excludes halogenated alkanes) is 33. The molecule has 0 saturated carbocycles. The van der Waals surface area contributed by atoms with Crippen LogP contribution in [0.1, 0.15) is 290 Å². The van der Waals surface area contributed by atoms with E-state index in [0.29, 0.717) is 19.3 Å². The molecule has 6 heteroatoms. The number of carbonyl (C=O) groups excluding carboxylic acids is 3. The van der Waals surface area contributed by atoms with E-state index in [2.05, 4.69) is 57.2 Å². The third kappa shape index (κ3) is 50.5. The predicted octanol–water partition coefficient (Wildman–Crippen LogP) is 18.1. The van der Waals surface area contributed by atoms with Crippen LogP contribution in [0.3, 0.4) is 0 Å². The molecule has 0 aliphatic rings. The van der Waals surface area contributed by atoms with Crippen LogP contribution in [0.15, 0.2) is 36.5 Å². The molecule has 6 nitrogen and oxygen atoms in total. The Bertz CT molecular complexity index is 1060. The maximum atomic E-state index is 12.8. The van der Waals surface area contributed by atoms with E-state index in [0.717, 1.165) is 64.2 Å². The smallest absolute Gasteiger partial charge is 0.306 e. The largest absolute Gasteiger partial charge is 0.462 e. The second-order valence-electron chi connectivity index (χ2n) is 18.5. The van der Waals surface area contributed by atoms with Gasteiger partial charge in [-0.25, -0.2) is 0 Å². The fourth-order valence-corrected chi connectivity index (χ4v) is 7.90. The molecule has 0 aromatic heterocycles. The standard InChI is InChI=1S/C57H104O6/c1-4-7-10-13-16-19-22-25-27-28-30-32-35-38-41-44-47-50-56(59)62-53-54(52-61-55(58)49-46-43-40-37-34-31-24-21-18-15-12-9-6-3)63-57(60)51-48-45-42-39-36-33-29-26-23-20-17-14-11-8-5-2/h20-21,23-25,27,54H,4-19,22,26,28-53H2,1-3H3/b23-20+,24-21+,27-25+/t54-/m1/s1. The van der Waals surface area contributed by atoms with Crippen LogP contribution in [-0.2, 0) is 28.6 Å². The Labute approximate surface area is 391 Å². The average Bonchev–Trinajstić information content (AvgIpc) is 3.28. The minimum atomic E-state index is -0.777. The molecule has 1 atom stereocenters. The Morgan fingerprint density at radius 1 is 0.302 bits per heavy atom. The Hall–Kier alpha value is -2.37. The highest BCUT2D eigenvalue weighted by atomic mass is 16.6. The lowest BCUT2D eigenvalue weighted by Crippen LogP contribution is -2.30. The van der Waals surface area contributed by atoms with Crippen LogP contribution in [0.25, 0.3) is 0 Å². The van der Waals surface area contributed by atoms with Gasteiger partial charge in [-0.15, -0.1) is 0 Å². The van der Waals surface area contributed by atoms with Crippen molar-refractivity contribution >= 4 is 17.9 Å². The second kappa shape index (κ2) is 52.3. The zero-order valence-electron chi connectivity index (χ0n) is 42.1. The molecule has 0 aliphatic heterocycles. The summed E-state index contributed by atoms with van der Waals surface area (Å²) in [5.74, 6) is -0.883. The first-order valence-corrected chi connectivity index (χ1v) is 27.5. The van der Waals surface area contributed by atoms with Crippen LogP contribution in [0.5, 0.6) is 0 Å². The molecular weight excluding hydrogens is 781 g/mol. The molecule has 0 unspecified atom stereocenters. The zero-order chi connectivity index (χ0) is 45.8. The van der Waals surface area contributed by atoms with Gasteiger partial charge in [0, 0.05) is 19.3 Å². The summed E-state index contributed by atoms with van der Waals surface area (Å²) in [5, 5.41) is 0. The summed E-state index contributed by atoms with van der Waals surface area (Å²) in [4.78, 5) is 38.0. The zero-order valence-corrected chi connectivity index (χ0v) is 42.1. The van der Waals surface area contributed by atoms with Crippen LogP contribution in [0, 0.1) is 0 Å². The van der Waals surface area contributed by atoms with E-state index in [1.165, 1.54) is 186 Å². The highest BCUT2D eigenvalue weighted by Gasteiger charge is 2.19. The number of carbonyl (C=O) groups is 3. The predicted molar refractivity (Wildman–Crippen MR) is 270 cm³/mol. The van der Waals surface area contributed by atoms with Gasteiger partial charge in [0.05, 0.1) is 0 Å². The molecule has 0 aromatic rings. The number of ether oxygens (including phenoxy) is 3. The van der Waals surface area contributed by atoms with Gasteiger partial charge in [-0.05, 0) is 96.3 Å². The third-order valence-corrected chi connectivity index (χ3v) is 12.1. The van der Waals surface area contributed by atoms with Crippen LogP contribution in [0.2, 0.25) is 0 Å². The summed E-state index contributed by atoms with van der Waals surface area (Å²) in [6, 6.07) is 0. The van der Waals surface area contributed by atoms with Crippen molar-refractivity contribution in [3.05, 3.63) is 36.5 Å². The summed E-state index contributed by atoms with van der Waals surface area (Å²) in [5.41, 5.74) is 0. The molecule has 0 aromatic carbocycles. The first-order chi connectivity index (χ1) is 31.0. The van der Waals surface area contributed by atoms with Gasteiger partial charge in [0.2, 0.25) is 0 Å². The molecule has 0 spiro atoms. The van der Waals surface area contributed by atoms with E-state index in [1.54, 1.807) is 0 Å². The van der Waals surface area contributed by atoms with E-state index < -0.39 is 6.10 Å². The number of hydrogen-bond donors (Lipinski definition) is 0. The number of hydrogen-bond acceptors (Lipinski definition) is 6. The van der Waals surface area contributed by atoms with Crippen molar-refractivity contribution in [2.75, 3.05) is 13.2 Å². The van der Waals surface area contributed by atoms with Crippen LogP contribution in [-0.4, -0.2) is 37.2 Å². The van der Waals surface area contributed by atoms with Gasteiger partial charge in [-0.1, -0.05) is 211 Å². The maximum Gasteiger partial charge on any atom is 0.306 e. The lowest BCUT2D eigenvalue weighted by Gasteiger charge is -2.18. The number of esters is 3. The molecule has 0 aliphatic carbocycles. The summed E-state index contributed by atoms with van der Waals surface area (Å²) in [6.07, 6.45) is 61.2. The van der Waals surface area contributed by atoms with E-state index in [9.17, 15) is 14.4 Å². The van der Waals surface area contributed by atoms with Crippen molar-refractivity contribution in [2.45, 2.75) is 297 Å². The Morgan fingerprint density at radius 2 is 0.524 bits per heavy atom. The van der Waals surface area contributed by atoms with Crippen molar-refractivity contribution in [1.29, 1.82) is 0 Å². The van der Waals surface area contributed by atoms with Crippen molar-refractivity contribution < 1.29 is 28.6 Å². The topological polar surface area (TPSA) is 78.9 Å². The fourth-order valence-electron chi connectivity index (χ4n) is 7.90. The van der Waals surface area contributed by atoms with Crippen molar-refractivity contribution in [1.82, 2.24) is 0 Å². The summed E-state index contributed by atoms with van der Waals surface area (Å²) in [6.45, 7) is 6.62. The molecule has 0 N–H and O–H groups in total. The van der Waals surface area contributed by atoms with Gasteiger partial charge in [0.15, 0.2) is 6.10 Å². The SMILES string of the molecule is CCCCCC/C=C/CCCCCCCCCC(=O)O[C@H](COC(=O)CCCCCCC/C=C/CCCCCC)COC(=O)CCCCCCCCC/C=C/CCCCCCCC. The Kier molecular flexibility index (Phi) is 50.3. The summed E-state index contributed by atoms with van der Waals surface area (Å²) in [7, 11) is 0. The quantitative estimate of drug-likeness (QED) is 0.0262. The van der Waals surface area contributed by atoms with Crippen LogP contribution >= 0.6 is 0 Å². The normalized spacial score (nSPS) is 12.2. The second-order valence-corrected chi connectivity index (χ2v) is 18.5. The summed E-state index contributed by atoms with van der Waals surface area (Å²) < 4.78 is 16.8. The van der Waals surface area contributed by atoms with E-state index in [-0.39, 0.29) is 31.1 Å². The average molecular weight is 885 g/mol. The maximum absolute atomic E-state index is 12.8. The van der Waals surface area contributed by atoms with E-state index in [4.69, 9.17) is 14.2 Å². The highest BCUT2D eigenvalue weighted by Crippen LogP contribution is 2.15. The van der Waals surface area contributed by atoms with Gasteiger partial charge < -0.3 is 14.2 Å². The van der Waals surface area contributed by atoms with Crippen molar-refractivity contribution in [3.8, 4) is 0 Å². The molecule has 0 rings (SSSR count).